The summed E-state index contributed by atoms with van der Waals surface area (Å²) in [5.41, 5.74) is 1.16. The van der Waals surface area contributed by atoms with Crippen molar-refractivity contribution in [1.29, 1.82) is 0 Å². The molecule has 0 spiro atoms. The Morgan fingerprint density at radius 1 is 1.21 bits per heavy atom. The van der Waals surface area contributed by atoms with Crippen LogP contribution < -0.4 is 10.6 Å². The molecule has 2 aromatic rings. The number of likely N-dealkylation sites (N-methyl/N-ethyl adjacent to an activating group) is 1. The van der Waals surface area contributed by atoms with Crippen molar-refractivity contribution in [2.24, 2.45) is 0 Å². The van der Waals surface area contributed by atoms with E-state index in [0.29, 0.717) is 16.0 Å². The number of aromatic nitrogens is 2. The standard InChI is InChI=1S/C15H19N5O2S2/c1-20(2)13(22)9-16-12(21)10-23-15-19-18-14(24-15)17-8-11-6-4-3-5-7-11/h3-7H,8-10H2,1-2H3,(H,16,21)(H,17,18). The molecule has 9 heteroatoms. The Labute approximate surface area is 148 Å². The molecule has 7 nitrogen and oxygen atoms in total. The van der Waals surface area contributed by atoms with Crippen LogP contribution in [0.15, 0.2) is 34.7 Å². The van der Waals surface area contributed by atoms with E-state index in [2.05, 4.69) is 20.8 Å². The molecule has 24 heavy (non-hydrogen) atoms. The highest BCUT2D eigenvalue weighted by atomic mass is 32.2. The third-order valence-electron chi connectivity index (χ3n) is 2.96. The van der Waals surface area contributed by atoms with Crippen LogP contribution >= 0.6 is 23.1 Å². The first-order valence-corrected chi connectivity index (χ1v) is 9.06. The summed E-state index contributed by atoms with van der Waals surface area (Å²) in [6, 6.07) is 10.0. The fourth-order valence-corrected chi connectivity index (χ4v) is 3.20. The van der Waals surface area contributed by atoms with Gasteiger partial charge < -0.3 is 15.5 Å². The third kappa shape index (κ3) is 6.17. The predicted molar refractivity (Wildman–Crippen MR) is 96.1 cm³/mol. The molecular weight excluding hydrogens is 346 g/mol. The number of hydrogen-bond donors (Lipinski definition) is 2. The number of benzene rings is 1. The molecule has 0 aliphatic heterocycles. The number of carbonyl (C=O) groups is 2. The molecule has 2 amide bonds. The van der Waals surface area contributed by atoms with Crippen molar-refractivity contribution in [2.45, 2.75) is 10.9 Å². The van der Waals surface area contributed by atoms with E-state index in [1.807, 2.05) is 30.3 Å². The van der Waals surface area contributed by atoms with Gasteiger partial charge in [-0.2, -0.15) is 0 Å². The van der Waals surface area contributed by atoms with Gasteiger partial charge in [0, 0.05) is 20.6 Å². The molecule has 2 rings (SSSR count). The normalized spacial score (nSPS) is 10.2. The van der Waals surface area contributed by atoms with Gasteiger partial charge >= 0.3 is 0 Å². The molecule has 0 fully saturated rings. The molecule has 0 saturated carbocycles. The molecule has 0 radical (unpaired) electrons. The predicted octanol–water partition coefficient (Wildman–Crippen LogP) is 1.45. The number of nitrogens with zero attached hydrogens (tertiary/aromatic N) is 3. The minimum absolute atomic E-state index is 0.00634. The molecule has 0 bridgehead atoms. The molecule has 1 aromatic heterocycles. The molecule has 0 unspecified atom stereocenters. The van der Waals surface area contributed by atoms with Crippen LogP contribution in [0.4, 0.5) is 5.13 Å². The van der Waals surface area contributed by atoms with Crippen LogP contribution in [0.25, 0.3) is 0 Å². The van der Waals surface area contributed by atoms with Crippen molar-refractivity contribution in [1.82, 2.24) is 20.4 Å². The molecular formula is C15H19N5O2S2. The first-order chi connectivity index (χ1) is 11.5. The zero-order chi connectivity index (χ0) is 17.4. The highest BCUT2D eigenvalue weighted by Crippen LogP contribution is 2.25. The highest BCUT2D eigenvalue weighted by Gasteiger charge is 2.10. The quantitative estimate of drug-likeness (QED) is 0.689. The number of amides is 2. The van der Waals surface area contributed by atoms with E-state index < -0.39 is 0 Å². The van der Waals surface area contributed by atoms with E-state index in [0.717, 1.165) is 5.56 Å². The summed E-state index contributed by atoms with van der Waals surface area (Å²) in [6.45, 7) is 0.680. The van der Waals surface area contributed by atoms with Crippen LogP contribution in [0.1, 0.15) is 5.56 Å². The topological polar surface area (TPSA) is 87.2 Å². The maximum Gasteiger partial charge on any atom is 0.241 e. The lowest BCUT2D eigenvalue weighted by atomic mass is 10.2. The fourth-order valence-electron chi connectivity index (χ4n) is 1.62. The Kier molecular flexibility index (Phi) is 7.01. The second kappa shape index (κ2) is 9.24. The first-order valence-electron chi connectivity index (χ1n) is 7.25. The van der Waals surface area contributed by atoms with E-state index in [9.17, 15) is 9.59 Å². The van der Waals surface area contributed by atoms with Crippen LogP contribution in [0.3, 0.4) is 0 Å². The van der Waals surface area contributed by atoms with Gasteiger partial charge in [-0.25, -0.2) is 0 Å². The van der Waals surface area contributed by atoms with Crippen molar-refractivity contribution in [3.63, 3.8) is 0 Å². The van der Waals surface area contributed by atoms with Gasteiger partial charge in [0.2, 0.25) is 16.9 Å². The van der Waals surface area contributed by atoms with Gasteiger partial charge in [-0.1, -0.05) is 53.4 Å². The molecule has 128 valence electrons. The maximum absolute atomic E-state index is 11.7. The molecule has 0 saturated heterocycles. The summed E-state index contributed by atoms with van der Waals surface area (Å²) in [5, 5.41) is 14.6. The summed E-state index contributed by atoms with van der Waals surface area (Å²) in [4.78, 5) is 24.5. The number of nitrogens with one attached hydrogen (secondary N) is 2. The lowest BCUT2D eigenvalue weighted by Gasteiger charge is -2.10. The largest absolute Gasteiger partial charge is 0.356 e. The van der Waals surface area contributed by atoms with Gasteiger partial charge in [-0.15, -0.1) is 10.2 Å². The van der Waals surface area contributed by atoms with E-state index >= 15 is 0 Å². The van der Waals surface area contributed by atoms with Gasteiger partial charge in [0.15, 0.2) is 4.34 Å². The van der Waals surface area contributed by atoms with Gasteiger partial charge in [0.05, 0.1) is 12.3 Å². The average Bonchev–Trinajstić information content (AvgIpc) is 3.04. The Morgan fingerprint density at radius 2 is 1.96 bits per heavy atom. The van der Waals surface area contributed by atoms with Gasteiger partial charge in [-0.3, -0.25) is 9.59 Å². The van der Waals surface area contributed by atoms with Gasteiger partial charge in [0.1, 0.15) is 0 Å². The number of anilines is 1. The third-order valence-corrected chi connectivity index (χ3v) is 4.97. The van der Waals surface area contributed by atoms with Crippen molar-refractivity contribution in [3.05, 3.63) is 35.9 Å². The van der Waals surface area contributed by atoms with Crippen LogP contribution in [0.2, 0.25) is 0 Å². The summed E-state index contributed by atoms with van der Waals surface area (Å²) in [5.74, 6) is -0.144. The Hall–Kier alpha value is -2.13. The summed E-state index contributed by atoms with van der Waals surface area (Å²) in [7, 11) is 3.29. The summed E-state index contributed by atoms with van der Waals surface area (Å²) < 4.78 is 0.708. The van der Waals surface area contributed by atoms with Gasteiger partial charge in [-0.05, 0) is 5.56 Å². The van der Waals surface area contributed by atoms with E-state index in [4.69, 9.17) is 0 Å². The molecule has 1 heterocycles. The zero-order valence-corrected chi connectivity index (χ0v) is 15.1. The maximum atomic E-state index is 11.7. The molecule has 2 N–H and O–H groups in total. The lowest BCUT2D eigenvalue weighted by molar-refractivity contribution is -0.130. The molecule has 0 aliphatic carbocycles. The monoisotopic (exact) mass is 365 g/mol. The number of carbonyl (C=O) groups excluding carboxylic acids is 2. The SMILES string of the molecule is CN(C)C(=O)CNC(=O)CSc1nnc(NCc2ccccc2)s1. The minimum atomic E-state index is -0.204. The van der Waals surface area contributed by atoms with Crippen LogP contribution in [0.5, 0.6) is 0 Å². The second-order valence-electron chi connectivity index (χ2n) is 5.07. The minimum Gasteiger partial charge on any atom is -0.356 e. The van der Waals surface area contributed by atoms with Crippen molar-refractivity contribution in [3.8, 4) is 0 Å². The number of rotatable bonds is 8. The van der Waals surface area contributed by atoms with Crippen LogP contribution in [-0.2, 0) is 16.1 Å². The fraction of sp³-hybridized carbons (Fsp3) is 0.333. The Bertz CT molecular complexity index is 676. The Balaban J connectivity index is 1.71. The first kappa shape index (κ1) is 18.2. The van der Waals surface area contributed by atoms with Gasteiger partial charge in [0.25, 0.3) is 0 Å². The van der Waals surface area contributed by atoms with Crippen LogP contribution in [0, 0.1) is 0 Å². The average molecular weight is 365 g/mol. The summed E-state index contributed by atoms with van der Waals surface area (Å²) >= 11 is 2.70. The Morgan fingerprint density at radius 3 is 2.67 bits per heavy atom. The van der Waals surface area contributed by atoms with E-state index in [1.165, 1.54) is 28.0 Å². The number of hydrogen-bond acceptors (Lipinski definition) is 7. The van der Waals surface area contributed by atoms with Crippen LogP contribution in [-0.4, -0.2) is 53.3 Å². The van der Waals surface area contributed by atoms with Crippen molar-refractivity contribution in [2.75, 3.05) is 31.7 Å². The zero-order valence-electron chi connectivity index (χ0n) is 13.5. The smallest absolute Gasteiger partial charge is 0.241 e. The number of thioether (sulfide) groups is 1. The second-order valence-corrected chi connectivity index (χ2v) is 7.27. The van der Waals surface area contributed by atoms with E-state index in [-0.39, 0.29) is 24.1 Å². The van der Waals surface area contributed by atoms with E-state index in [1.54, 1.807) is 14.1 Å². The molecule has 0 atom stereocenters. The van der Waals surface area contributed by atoms with Crippen molar-refractivity contribution >= 4 is 40.0 Å². The highest BCUT2D eigenvalue weighted by molar-refractivity contribution is 8.01. The summed E-state index contributed by atoms with van der Waals surface area (Å²) in [6.07, 6.45) is 0. The molecule has 0 aliphatic rings. The lowest BCUT2D eigenvalue weighted by Crippen LogP contribution is -2.36. The molecule has 1 aromatic carbocycles. The van der Waals surface area contributed by atoms with Crippen molar-refractivity contribution < 1.29 is 9.59 Å².